The van der Waals surface area contributed by atoms with E-state index in [9.17, 15) is 9.59 Å². The molecule has 0 unspecified atom stereocenters. The molecule has 2 N–H and O–H groups in total. The summed E-state index contributed by atoms with van der Waals surface area (Å²) in [5, 5.41) is 5.72. The molecular formula is C16H17ClN2O5. The fourth-order valence-corrected chi connectivity index (χ4v) is 1.99. The van der Waals surface area contributed by atoms with E-state index in [1.54, 1.807) is 25.3 Å². The Bertz CT molecular complexity index is 688. The van der Waals surface area contributed by atoms with Crippen LogP contribution in [0.5, 0.6) is 0 Å². The van der Waals surface area contributed by atoms with E-state index in [0.29, 0.717) is 29.6 Å². The summed E-state index contributed by atoms with van der Waals surface area (Å²) in [6.07, 6.45) is 1.40. The van der Waals surface area contributed by atoms with E-state index in [4.69, 9.17) is 25.5 Å². The number of anilines is 2. The molecule has 0 aliphatic heterocycles. The van der Waals surface area contributed by atoms with Gasteiger partial charge in [0.1, 0.15) is 6.61 Å². The fraction of sp³-hybridized carbons (Fsp3) is 0.250. The third-order valence-corrected chi connectivity index (χ3v) is 3.15. The number of carbonyl (C=O) groups is 2. The first kappa shape index (κ1) is 18.0. The van der Waals surface area contributed by atoms with E-state index in [0.717, 1.165) is 0 Å². The number of ether oxygens (including phenoxy) is 2. The van der Waals surface area contributed by atoms with Crippen LogP contribution in [0.2, 0.25) is 5.02 Å². The van der Waals surface area contributed by atoms with Crippen molar-refractivity contribution in [2.45, 2.75) is 0 Å². The zero-order valence-corrected chi connectivity index (χ0v) is 13.8. The van der Waals surface area contributed by atoms with Gasteiger partial charge in [0, 0.05) is 12.1 Å². The first-order chi connectivity index (χ1) is 11.6. The summed E-state index contributed by atoms with van der Waals surface area (Å²) in [7, 11) is 1.55. The molecule has 0 atom stereocenters. The first-order valence-electron chi connectivity index (χ1n) is 7.11. The summed E-state index contributed by atoms with van der Waals surface area (Å²) in [5.74, 6) is -0.661. The Kier molecular flexibility index (Phi) is 6.80. The van der Waals surface area contributed by atoms with Crippen LogP contribution in [0.3, 0.4) is 0 Å². The van der Waals surface area contributed by atoms with Crippen LogP contribution < -0.4 is 10.6 Å². The van der Waals surface area contributed by atoms with Gasteiger partial charge in [-0.25, -0.2) is 0 Å². The highest BCUT2D eigenvalue weighted by Gasteiger charge is 2.13. The van der Waals surface area contributed by atoms with Crippen molar-refractivity contribution in [1.82, 2.24) is 0 Å². The standard InChI is InChI=1S/C16H17ClN2O5/c1-22-7-8-23-10-15(20)18-12-5-4-11(17)9-13(12)19-16(21)14-3-2-6-24-14/h2-6,9H,7-8,10H2,1H3,(H,18,20)(H,19,21). The van der Waals surface area contributed by atoms with Gasteiger partial charge >= 0.3 is 0 Å². The molecule has 0 saturated carbocycles. The Morgan fingerprint density at radius 2 is 2.00 bits per heavy atom. The molecule has 7 nitrogen and oxygen atoms in total. The summed E-state index contributed by atoms with van der Waals surface area (Å²) in [5.41, 5.74) is 0.758. The van der Waals surface area contributed by atoms with Crippen molar-refractivity contribution in [3.05, 3.63) is 47.4 Å². The van der Waals surface area contributed by atoms with Crippen molar-refractivity contribution < 1.29 is 23.5 Å². The van der Waals surface area contributed by atoms with Gasteiger partial charge in [0.2, 0.25) is 5.91 Å². The van der Waals surface area contributed by atoms with Gasteiger partial charge in [-0.05, 0) is 30.3 Å². The Hall–Kier alpha value is -2.35. The molecular weight excluding hydrogens is 336 g/mol. The summed E-state index contributed by atoms with van der Waals surface area (Å²) < 4.78 is 15.0. The second-order valence-corrected chi connectivity index (χ2v) is 5.15. The number of benzene rings is 1. The fourth-order valence-electron chi connectivity index (χ4n) is 1.81. The maximum absolute atomic E-state index is 12.1. The summed E-state index contributed by atoms with van der Waals surface area (Å²) in [6, 6.07) is 7.86. The van der Waals surface area contributed by atoms with E-state index in [1.165, 1.54) is 18.4 Å². The van der Waals surface area contributed by atoms with E-state index in [1.807, 2.05) is 0 Å². The smallest absolute Gasteiger partial charge is 0.291 e. The van der Waals surface area contributed by atoms with Crippen molar-refractivity contribution in [1.29, 1.82) is 0 Å². The molecule has 1 heterocycles. The molecule has 0 radical (unpaired) electrons. The predicted molar refractivity (Wildman–Crippen MR) is 89.4 cm³/mol. The quantitative estimate of drug-likeness (QED) is 0.713. The minimum atomic E-state index is -0.450. The molecule has 128 valence electrons. The molecule has 8 heteroatoms. The molecule has 2 rings (SSSR count). The predicted octanol–water partition coefficient (Wildman–Crippen LogP) is 2.79. The number of amides is 2. The van der Waals surface area contributed by atoms with Gasteiger partial charge in [-0.1, -0.05) is 11.6 Å². The summed E-state index contributed by atoms with van der Waals surface area (Å²) in [4.78, 5) is 24.0. The minimum Gasteiger partial charge on any atom is -0.459 e. The van der Waals surface area contributed by atoms with Gasteiger partial charge < -0.3 is 24.5 Å². The van der Waals surface area contributed by atoms with Gasteiger partial charge in [0.25, 0.3) is 5.91 Å². The van der Waals surface area contributed by atoms with E-state index in [-0.39, 0.29) is 18.3 Å². The van der Waals surface area contributed by atoms with Crippen LogP contribution in [0.25, 0.3) is 0 Å². The molecule has 0 spiro atoms. The van der Waals surface area contributed by atoms with Gasteiger partial charge in [0.05, 0.1) is 30.9 Å². The third-order valence-electron chi connectivity index (χ3n) is 2.91. The van der Waals surface area contributed by atoms with Crippen molar-refractivity contribution >= 4 is 34.8 Å². The highest BCUT2D eigenvalue weighted by molar-refractivity contribution is 6.31. The van der Waals surface area contributed by atoms with Crippen LogP contribution in [0.1, 0.15) is 10.6 Å². The highest BCUT2D eigenvalue weighted by atomic mass is 35.5. The Morgan fingerprint density at radius 3 is 2.71 bits per heavy atom. The lowest BCUT2D eigenvalue weighted by Gasteiger charge is -2.12. The van der Waals surface area contributed by atoms with E-state index >= 15 is 0 Å². The largest absolute Gasteiger partial charge is 0.459 e. The second-order valence-electron chi connectivity index (χ2n) is 4.71. The van der Waals surface area contributed by atoms with Crippen LogP contribution in [-0.4, -0.2) is 38.7 Å². The number of rotatable bonds is 8. The van der Waals surface area contributed by atoms with E-state index in [2.05, 4.69) is 10.6 Å². The van der Waals surface area contributed by atoms with Gasteiger partial charge in [0.15, 0.2) is 5.76 Å². The number of hydrogen-bond donors (Lipinski definition) is 2. The Labute approximate surface area is 143 Å². The number of furan rings is 1. The zero-order valence-electron chi connectivity index (χ0n) is 13.0. The lowest BCUT2D eigenvalue weighted by molar-refractivity contribution is -0.121. The Morgan fingerprint density at radius 1 is 1.17 bits per heavy atom. The number of hydrogen-bond acceptors (Lipinski definition) is 5. The first-order valence-corrected chi connectivity index (χ1v) is 7.49. The topological polar surface area (TPSA) is 89.8 Å². The van der Waals surface area contributed by atoms with Crippen molar-refractivity contribution in [2.24, 2.45) is 0 Å². The average molecular weight is 353 g/mol. The zero-order chi connectivity index (χ0) is 17.4. The number of carbonyl (C=O) groups excluding carboxylic acids is 2. The van der Waals surface area contributed by atoms with Crippen molar-refractivity contribution in [3.8, 4) is 0 Å². The number of halogens is 1. The molecule has 24 heavy (non-hydrogen) atoms. The maximum atomic E-state index is 12.1. The molecule has 0 aliphatic rings. The number of methoxy groups -OCH3 is 1. The molecule has 2 aromatic rings. The second kappa shape index (κ2) is 9.07. The van der Waals surface area contributed by atoms with Crippen molar-refractivity contribution in [2.75, 3.05) is 37.6 Å². The van der Waals surface area contributed by atoms with Gasteiger partial charge in [-0.3, -0.25) is 9.59 Å². The normalized spacial score (nSPS) is 10.4. The van der Waals surface area contributed by atoms with Crippen LogP contribution in [0, 0.1) is 0 Å². The molecule has 1 aromatic carbocycles. The average Bonchev–Trinajstić information content (AvgIpc) is 3.09. The summed E-state index contributed by atoms with van der Waals surface area (Å²) in [6.45, 7) is 0.586. The van der Waals surface area contributed by atoms with Crippen LogP contribution in [0.4, 0.5) is 11.4 Å². The molecule has 0 bridgehead atoms. The van der Waals surface area contributed by atoms with Crippen LogP contribution >= 0.6 is 11.6 Å². The summed E-state index contributed by atoms with van der Waals surface area (Å²) >= 11 is 5.95. The van der Waals surface area contributed by atoms with Gasteiger partial charge in [-0.2, -0.15) is 0 Å². The van der Waals surface area contributed by atoms with Crippen LogP contribution in [0.15, 0.2) is 41.0 Å². The lowest BCUT2D eigenvalue weighted by atomic mass is 10.2. The monoisotopic (exact) mass is 352 g/mol. The molecule has 1 aromatic heterocycles. The minimum absolute atomic E-state index is 0.127. The molecule has 2 amide bonds. The Balaban J connectivity index is 2.01. The molecule has 0 saturated heterocycles. The van der Waals surface area contributed by atoms with E-state index < -0.39 is 5.91 Å². The maximum Gasteiger partial charge on any atom is 0.291 e. The SMILES string of the molecule is COCCOCC(=O)Nc1ccc(Cl)cc1NC(=O)c1ccco1. The van der Waals surface area contributed by atoms with Crippen LogP contribution in [-0.2, 0) is 14.3 Å². The molecule has 0 aliphatic carbocycles. The molecule has 0 fully saturated rings. The van der Waals surface area contributed by atoms with Crippen molar-refractivity contribution in [3.63, 3.8) is 0 Å². The highest BCUT2D eigenvalue weighted by Crippen LogP contribution is 2.26. The van der Waals surface area contributed by atoms with Gasteiger partial charge in [-0.15, -0.1) is 0 Å². The third kappa shape index (κ3) is 5.38. The lowest BCUT2D eigenvalue weighted by Crippen LogP contribution is -2.21. The number of nitrogens with one attached hydrogen (secondary N) is 2.